The van der Waals surface area contributed by atoms with Gasteiger partial charge in [-0.2, -0.15) is 0 Å². The van der Waals surface area contributed by atoms with E-state index in [1.165, 1.54) is 25.3 Å². The number of aromatic carboxylic acids is 1. The van der Waals surface area contributed by atoms with E-state index >= 15 is 0 Å². The zero-order valence-corrected chi connectivity index (χ0v) is 11.1. The second-order valence-corrected chi connectivity index (χ2v) is 4.31. The van der Waals surface area contributed by atoms with Gasteiger partial charge in [0.1, 0.15) is 0 Å². The summed E-state index contributed by atoms with van der Waals surface area (Å²) < 4.78 is 18.2. The number of nitrogens with one attached hydrogen (secondary N) is 1. The summed E-state index contributed by atoms with van der Waals surface area (Å²) in [5, 5.41) is 12.0. The molecule has 0 bridgehead atoms. The second kappa shape index (κ2) is 5.61. The molecule has 0 spiro atoms. The van der Waals surface area contributed by atoms with Gasteiger partial charge in [-0.15, -0.1) is 0 Å². The Balaban J connectivity index is 2.26. The van der Waals surface area contributed by atoms with Crippen molar-refractivity contribution < 1.29 is 19.0 Å². The Morgan fingerprint density at radius 3 is 2.45 bits per heavy atom. The van der Waals surface area contributed by atoms with Crippen LogP contribution in [0.1, 0.15) is 15.9 Å². The summed E-state index contributed by atoms with van der Waals surface area (Å²) in [6.07, 6.45) is 0. The normalized spacial score (nSPS) is 10.2. The molecule has 2 aromatic rings. The van der Waals surface area contributed by atoms with Crippen molar-refractivity contribution in [2.75, 3.05) is 12.4 Å². The van der Waals surface area contributed by atoms with Gasteiger partial charge in [-0.25, -0.2) is 9.18 Å². The Kier molecular flexibility index (Phi) is 3.89. The van der Waals surface area contributed by atoms with Crippen LogP contribution in [-0.4, -0.2) is 18.2 Å². The van der Waals surface area contributed by atoms with Crippen molar-refractivity contribution in [2.24, 2.45) is 0 Å². The number of benzene rings is 2. The lowest BCUT2D eigenvalue weighted by molar-refractivity contribution is 0.0696. The van der Waals surface area contributed by atoms with E-state index in [9.17, 15) is 9.18 Å². The second-order valence-electron chi connectivity index (χ2n) is 4.31. The summed E-state index contributed by atoms with van der Waals surface area (Å²) >= 11 is 0. The zero-order chi connectivity index (χ0) is 14.7. The molecule has 5 heteroatoms. The van der Waals surface area contributed by atoms with Gasteiger partial charge < -0.3 is 15.2 Å². The van der Waals surface area contributed by atoms with Crippen LogP contribution in [0.3, 0.4) is 0 Å². The third-order valence-electron chi connectivity index (χ3n) is 2.90. The average Bonchev–Trinajstić information content (AvgIpc) is 2.40. The third kappa shape index (κ3) is 2.88. The van der Waals surface area contributed by atoms with Gasteiger partial charge in [-0.1, -0.05) is 0 Å². The Morgan fingerprint density at radius 1 is 1.20 bits per heavy atom. The first-order chi connectivity index (χ1) is 9.51. The fourth-order valence-electron chi connectivity index (χ4n) is 1.89. The molecule has 0 amide bonds. The minimum Gasteiger partial charge on any atom is -0.494 e. The fraction of sp³-hybridized carbons (Fsp3) is 0.133. The molecule has 0 aliphatic heterocycles. The molecule has 0 aromatic heterocycles. The molecular formula is C15H14FNO3. The number of aryl methyl sites for hydroxylation is 1. The van der Waals surface area contributed by atoms with E-state index in [1.54, 1.807) is 25.1 Å². The average molecular weight is 275 g/mol. The lowest BCUT2D eigenvalue weighted by Crippen LogP contribution is -2.00. The highest BCUT2D eigenvalue weighted by molar-refractivity contribution is 5.90. The predicted octanol–water partition coefficient (Wildman–Crippen LogP) is 3.58. The van der Waals surface area contributed by atoms with Crippen LogP contribution in [0.5, 0.6) is 5.75 Å². The largest absolute Gasteiger partial charge is 0.494 e. The Bertz CT molecular complexity index is 656. The summed E-state index contributed by atoms with van der Waals surface area (Å²) in [6.45, 7) is 1.72. The van der Waals surface area contributed by atoms with Gasteiger partial charge in [0.15, 0.2) is 11.6 Å². The molecule has 0 radical (unpaired) electrons. The first-order valence-corrected chi connectivity index (χ1v) is 5.96. The minimum absolute atomic E-state index is 0.147. The molecule has 0 saturated carbocycles. The van der Waals surface area contributed by atoms with E-state index in [0.29, 0.717) is 11.3 Å². The van der Waals surface area contributed by atoms with E-state index in [1.807, 2.05) is 0 Å². The summed E-state index contributed by atoms with van der Waals surface area (Å²) in [6, 6.07) is 9.33. The van der Waals surface area contributed by atoms with Crippen LogP contribution in [0.25, 0.3) is 0 Å². The molecule has 0 unspecified atom stereocenters. The number of anilines is 2. The first kappa shape index (κ1) is 13.9. The molecule has 0 fully saturated rings. The van der Waals surface area contributed by atoms with Gasteiger partial charge in [0, 0.05) is 17.4 Å². The summed E-state index contributed by atoms with van der Waals surface area (Å²) in [4.78, 5) is 10.9. The molecule has 104 valence electrons. The van der Waals surface area contributed by atoms with E-state index in [2.05, 4.69) is 5.32 Å². The third-order valence-corrected chi connectivity index (χ3v) is 2.90. The minimum atomic E-state index is -0.961. The van der Waals surface area contributed by atoms with Crippen LogP contribution >= 0.6 is 0 Å². The van der Waals surface area contributed by atoms with Gasteiger partial charge in [0.05, 0.1) is 12.7 Å². The van der Waals surface area contributed by atoms with E-state index in [4.69, 9.17) is 9.84 Å². The maximum Gasteiger partial charge on any atom is 0.335 e. The summed E-state index contributed by atoms with van der Waals surface area (Å²) in [7, 11) is 1.40. The number of carboxylic acid groups (broad SMARTS) is 1. The van der Waals surface area contributed by atoms with E-state index in [-0.39, 0.29) is 11.3 Å². The molecular weight excluding hydrogens is 261 g/mol. The van der Waals surface area contributed by atoms with Crippen molar-refractivity contribution >= 4 is 17.3 Å². The van der Waals surface area contributed by atoms with Crippen molar-refractivity contribution in [1.29, 1.82) is 0 Å². The van der Waals surface area contributed by atoms with Crippen molar-refractivity contribution in [3.63, 3.8) is 0 Å². The number of hydrogen-bond donors (Lipinski definition) is 2. The Morgan fingerprint density at radius 2 is 1.85 bits per heavy atom. The van der Waals surface area contributed by atoms with Gasteiger partial charge in [-0.05, 0) is 42.8 Å². The highest BCUT2D eigenvalue weighted by atomic mass is 19.1. The fourth-order valence-corrected chi connectivity index (χ4v) is 1.89. The number of carbonyl (C=O) groups is 1. The predicted molar refractivity (Wildman–Crippen MR) is 74.4 cm³/mol. The van der Waals surface area contributed by atoms with Crippen LogP contribution in [0.15, 0.2) is 36.4 Å². The molecule has 2 aromatic carbocycles. The number of halogens is 1. The molecule has 0 heterocycles. The molecule has 4 nitrogen and oxygen atoms in total. The number of hydrogen-bond acceptors (Lipinski definition) is 3. The van der Waals surface area contributed by atoms with Crippen LogP contribution in [0.4, 0.5) is 15.8 Å². The monoisotopic (exact) mass is 275 g/mol. The van der Waals surface area contributed by atoms with Gasteiger partial charge in [0.25, 0.3) is 0 Å². The summed E-state index contributed by atoms with van der Waals surface area (Å²) in [5.74, 6) is -1.25. The SMILES string of the molecule is COc1cc(Nc2ccc(C(=O)O)c(C)c2)ccc1F. The van der Waals surface area contributed by atoms with E-state index in [0.717, 1.165) is 5.69 Å². The Hall–Kier alpha value is -2.56. The first-order valence-electron chi connectivity index (χ1n) is 5.96. The van der Waals surface area contributed by atoms with Gasteiger partial charge >= 0.3 is 5.97 Å². The molecule has 0 aliphatic rings. The lowest BCUT2D eigenvalue weighted by atomic mass is 10.1. The zero-order valence-electron chi connectivity index (χ0n) is 11.1. The number of methoxy groups -OCH3 is 1. The van der Waals surface area contributed by atoms with Crippen molar-refractivity contribution in [3.8, 4) is 5.75 Å². The number of ether oxygens (including phenoxy) is 1. The van der Waals surface area contributed by atoms with E-state index < -0.39 is 11.8 Å². The van der Waals surface area contributed by atoms with Crippen molar-refractivity contribution in [2.45, 2.75) is 6.92 Å². The lowest BCUT2D eigenvalue weighted by Gasteiger charge is -2.10. The van der Waals surface area contributed by atoms with Crippen LogP contribution in [0, 0.1) is 12.7 Å². The standard InChI is InChI=1S/C15H14FNO3/c1-9-7-10(3-5-12(9)15(18)19)17-11-4-6-13(16)14(8-11)20-2/h3-8,17H,1-2H3,(H,18,19). The van der Waals surface area contributed by atoms with Gasteiger partial charge in [0.2, 0.25) is 0 Å². The van der Waals surface area contributed by atoms with Crippen molar-refractivity contribution in [1.82, 2.24) is 0 Å². The number of rotatable bonds is 4. The van der Waals surface area contributed by atoms with Crippen LogP contribution < -0.4 is 10.1 Å². The van der Waals surface area contributed by atoms with Gasteiger partial charge in [-0.3, -0.25) is 0 Å². The molecule has 0 saturated heterocycles. The highest BCUT2D eigenvalue weighted by Gasteiger charge is 2.08. The molecule has 0 atom stereocenters. The molecule has 20 heavy (non-hydrogen) atoms. The topological polar surface area (TPSA) is 58.6 Å². The highest BCUT2D eigenvalue weighted by Crippen LogP contribution is 2.25. The quantitative estimate of drug-likeness (QED) is 0.895. The Labute approximate surface area is 115 Å². The maximum atomic E-state index is 13.3. The van der Waals surface area contributed by atoms with Crippen LogP contribution in [0.2, 0.25) is 0 Å². The number of carboxylic acids is 1. The maximum absolute atomic E-state index is 13.3. The molecule has 2 rings (SSSR count). The smallest absolute Gasteiger partial charge is 0.335 e. The molecule has 2 N–H and O–H groups in total. The summed E-state index contributed by atoms with van der Waals surface area (Å²) in [5.41, 5.74) is 2.29. The molecule has 0 aliphatic carbocycles. The van der Waals surface area contributed by atoms with Crippen LogP contribution in [-0.2, 0) is 0 Å². The van der Waals surface area contributed by atoms with Crippen molar-refractivity contribution in [3.05, 3.63) is 53.3 Å².